The minimum Gasteiger partial charge on any atom is -0.492 e. The molecule has 0 saturated carbocycles. The lowest BCUT2D eigenvalue weighted by molar-refractivity contribution is -0.118. The van der Waals surface area contributed by atoms with Gasteiger partial charge < -0.3 is 19.8 Å². The summed E-state index contributed by atoms with van der Waals surface area (Å²) in [6, 6.07) is 35.8. The number of ketones is 1. The average Bonchev–Trinajstić information content (AvgIpc) is 3.44. The lowest BCUT2D eigenvalue weighted by Crippen LogP contribution is -2.12. The number of pyridine rings is 1. The van der Waals surface area contributed by atoms with E-state index in [1.54, 1.807) is 0 Å². The van der Waals surface area contributed by atoms with Crippen molar-refractivity contribution in [3.63, 3.8) is 0 Å². The lowest BCUT2D eigenvalue weighted by Gasteiger charge is -2.13. The van der Waals surface area contributed by atoms with Crippen LogP contribution >= 0.6 is 0 Å². The number of hydrogen-bond donors (Lipinski definition) is 1. The van der Waals surface area contributed by atoms with Crippen molar-refractivity contribution in [1.29, 1.82) is 0 Å². The Kier molecular flexibility index (Phi) is 9.65. The van der Waals surface area contributed by atoms with E-state index in [4.69, 9.17) is 25.2 Å². The second-order valence-corrected chi connectivity index (χ2v) is 11.3. The summed E-state index contributed by atoms with van der Waals surface area (Å²) in [7, 11) is 0. The number of benzene rings is 4. The standard InChI is InChI=1S/C38H38N4O3/c39-38-36-37(33-22-21-32(26-34(33)40-38)45-27-29-15-7-2-8-16-29)42(23-24-44-31-18-10-4-11-19-31)35(41-36)20-12-3-9-17-30(43)25-28-13-5-1-6-14-28/h1-2,4-8,10-11,13-16,18-19,21-22,26H,3,9,12,17,20,23-25,27H2,(H2,39,40). The number of nitrogens with zero attached hydrogens (tertiary/aromatic N) is 3. The van der Waals surface area contributed by atoms with Gasteiger partial charge in [0, 0.05) is 30.7 Å². The number of anilines is 1. The van der Waals surface area contributed by atoms with Gasteiger partial charge in [0.15, 0.2) is 5.82 Å². The maximum atomic E-state index is 12.5. The van der Waals surface area contributed by atoms with Crippen LogP contribution < -0.4 is 15.2 Å². The number of fused-ring (bicyclic) bond motifs is 3. The molecule has 0 aliphatic rings. The third-order valence-corrected chi connectivity index (χ3v) is 7.93. The molecule has 2 N–H and O–H groups in total. The summed E-state index contributed by atoms with van der Waals surface area (Å²) in [5.74, 6) is 3.19. The molecule has 0 unspecified atom stereocenters. The van der Waals surface area contributed by atoms with Gasteiger partial charge >= 0.3 is 0 Å². The average molecular weight is 599 g/mol. The number of para-hydroxylation sites is 1. The summed E-state index contributed by atoms with van der Waals surface area (Å²) in [4.78, 5) is 22.2. The third kappa shape index (κ3) is 7.68. The highest BCUT2D eigenvalue weighted by atomic mass is 16.5. The first-order chi connectivity index (χ1) is 22.1. The number of rotatable bonds is 15. The largest absolute Gasteiger partial charge is 0.492 e. The molecule has 0 amide bonds. The molecule has 0 saturated heterocycles. The normalized spacial score (nSPS) is 11.2. The van der Waals surface area contributed by atoms with Gasteiger partial charge in [0.1, 0.15) is 41.8 Å². The molecule has 228 valence electrons. The number of ether oxygens (including phenoxy) is 2. The minimum absolute atomic E-state index is 0.281. The van der Waals surface area contributed by atoms with Crippen LogP contribution in [-0.2, 0) is 30.8 Å². The second kappa shape index (κ2) is 14.5. The molecule has 0 aliphatic carbocycles. The maximum Gasteiger partial charge on any atom is 0.152 e. The van der Waals surface area contributed by atoms with Gasteiger partial charge in [-0.15, -0.1) is 0 Å². The molecule has 6 rings (SSSR count). The maximum absolute atomic E-state index is 12.5. The van der Waals surface area contributed by atoms with Gasteiger partial charge in [-0.1, -0.05) is 85.3 Å². The van der Waals surface area contributed by atoms with Gasteiger partial charge in [0.2, 0.25) is 0 Å². The highest BCUT2D eigenvalue weighted by molar-refractivity contribution is 6.07. The van der Waals surface area contributed by atoms with Crippen LogP contribution in [0.2, 0.25) is 0 Å². The Morgan fingerprint density at radius 2 is 1.44 bits per heavy atom. The number of carbonyl (C=O) groups excluding carboxylic acids is 1. The summed E-state index contributed by atoms with van der Waals surface area (Å²) in [5.41, 5.74) is 11.1. The summed E-state index contributed by atoms with van der Waals surface area (Å²) < 4.78 is 14.4. The van der Waals surface area contributed by atoms with Gasteiger partial charge in [0.05, 0.1) is 17.6 Å². The zero-order valence-corrected chi connectivity index (χ0v) is 25.4. The first-order valence-electron chi connectivity index (χ1n) is 15.6. The molecule has 0 fully saturated rings. The predicted molar refractivity (Wildman–Crippen MR) is 179 cm³/mol. The Morgan fingerprint density at radius 3 is 2.20 bits per heavy atom. The van der Waals surface area contributed by atoms with Crippen molar-refractivity contribution in [2.75, 3.05) is 12.3 Å². The number of nitrogen functional groups attached to an aromatic ring is 1. The number of Topliss-reactive ketones (excluding diaryl/α,β-unsaturated/α-hetero) is 1. The molecule has 7 nitrogen and oxygen atoms in total. The predicted octanol–water partition coefficient (Wildman–Crippen LogP) is 7.74. The summed E-state index contributed by atoms with van der Waals surface area (Å²) in [6.45, 7) is 1.57. The zero-order chi connectivity index (χ0) is 30.8. The number of imidazole rings is 1. The Morgan fingerprint density at radius 1 is 0.733 bits per heavy atom. The van der Waals surface area contributed by atoms with Gasteiger partial charge in [-0.05, 0) is 48.2 Å². The van der Waals surface area contributed by atoms with Gasteiger partial charge in [-0.3, -0.25) is 4.79 Å². The van der Waals surface area contributed by atoms with Crippen molar-refractivity contribution >= 4 is 33.5 Å². The van der Waals surface area contributed by atoms with Gasteiger partial charge in [0.25, 0.3) is 0 Å². The lowest BCUT2D eigenvalue weighted by atomic mass is 10.0. The summed E-state index contributed by atoms with van der Waals surface area (Å²) >= 11 is 0. The topological polar surface area (TPSA) is 92.3 Å². The number of unbranched alkanes of at least 4 members (excludes halogenated alkanes) is 2. The van der Waals surface area contributed by atoms with Gasteiger partial charge in [-0.2, -0.15) is 0 Å². The van der Waals surface area contributed by atoms with Crippen LogP contribution in [0, 0.1) is 0 Å². The molecule has 45 heavy (non-hydrogen) atoms. The van der Waals surface area contributed by atoms with Crippen LogP contribution in [0.25, 0.3) is 21.9 Å². The SMILES string of the molecule is Nc1nc2cc(OCc3ccccc3)ccc2c2c1nc(CCCCCC(=O)Cc1ccccc1)n2CCOc1ccccc1. The minimum atomic E-state index is 0.281. The molecule has 0 spiro atoms. The Balaban J connectivity index is 1.19. The second-order valence-electron chi connectivity index (χ2n) is 11.3. The van der Waals surface area contributed by atoms with E-state index >= 15 is 0 Å². The highest BCUT2D eigenvalue weighted by Crippen LogP contribution is 2.32. The number of aromatic nitrogens is 3. The molecule has 2 aromatic heterocycles. The Labute approximate surface area is 263 Å². The first-order valence-corrected chi connectivity index (χ1v) is 15.6. The van der Waals surface area contributed by atoms with Crippen LogP contribution in [0.15, 0.2) is 109 Å². The quantitative estimate of drug-likeness (QED) is 0.122. The molecule has 2 heterocycles. The van der Waals surface area contributed by atoms with Crippen LogP contribution in [0.4, 0.5) is 5.82 Å². The molecule has 0 radical (unpaired) electrons. The van der Waals surface area contributed by atoms with Crippen LogP contribution in [-0.4, -0.2) is 26.9 Å². The fraction of sp³-hybridized carbons (Fsp3) is 0.237. The van der Waals surface area contributed by atoms with E-state index in [1.807, 2.05) is 109 Å². The van der Waals surface area contributed by atoms with Crippen LogP contribution in [0.5, 0.6) is 11.5 Å². The molecule has 6 aromatic rings. The molecule has 0 bridgehead atoms. The monoisotopic (exact) mass is 598 g/mol. The van der Waals surface area contributed by atoms with E-state index in [2.05, 4.69) is 4.57 Å². The van der Waals surface area contributed by atoms with Crippen molar-refractivity contribution in [3.05, 3.63) is 126 Å². The van der Waals surface area contributed by atoms with Crippen molar-refractivity contribution in [2.24, 2.45) is 0 Å². The molecular formula is C38H38N4O3. The van der Waals surface area contributed by atoms with E-state index in [0.29, 0.717) is 43.9 Å². The summed E-state index contributed by atoms with van der Waals surface area (Å²) in [6.07, 6.45) is 4.58. The third-order valence-electron chi connectivity index (χ3n) is 7.93. The smallest absolute Gasteiger partial charge is 0.152 e. The fourth-order valence-electron chi connectivity index (χ4n) is 5.67. The molecular weight excluding hydrogens is 560 g/mol. The van der Waals surface area contributed by atoms with Gasteiger partial charge in [-0.25, -0.2) is 9.97 Å². The number of hydrogen-bond acceptors (Lipinski definition) is 6. The van der Waals surface area contributed by atoms with E-state index in [-0.39, 0.29) is 5.78 Å². The zero-order valence-electron chi connectivity index (χ0n) is 25.4. The van der Waals surface area contributed by atoms with Crippen molar-refractivity contribution < 1.29 is 14.3 Å². The van der Waals surface area contributed by atoms with E-state index < -0.39 is 0 Å². The Hall–Kier alpha value is -5.17. The highest BCUT2D eigenvalue weighted by Gasteiger charge is 2.18. The van der Waals surface area contributed by atoms with Crippen molar-refractivity contribution in [2.45, 2.75) is 51.7 Å². The number of carbonyl (C=O) groups is 1. The number of nitrogens with two attached hydrogens (primary N) is 1. The van der Waals surface area contributed by atoms with E-state index in [1.165, 1.54) is 0 Å². The van der Waals surface area contributed by atoms with Crippen LogP contribution in [0.3, 0.4) is 0 Å². The van der Waals surface area contributed by atoms with E-state index in [9.17, 15) is 4.79 Å². The van der Waals surface area contributed by atoms with Crippen LogP contribution in [0.1, 0.15) is 42.6 Å². The van der Waals surface area contributed by atoms with Crippen molar-refractivity contribution in [3.8, 4) is 11.5 Å². The Bertz CT molecular complexity index is 1850. The molecule has 0 aliphatic heterocycles. The molecule has 0 atom stereocenters. The molecule has 4 aromatic carbocycles. The molecule has 7 heteroatoms. The van der Waals surface area contributed by atoms with Crippen molar-refractivity contribution in [1.82, 2.24) is 14.5 Å². The summed E-state index contributed by atoms with van der Waals surface area (Å²) in [5, 5.41) is 0.969. The van der Waals surface area contributed by atoms with E-state index in [0.717, 1.165) is 70.6 Å². The fourth-order valence-corrected chi connectivity index (χ4v) is 5.67. The first kappa shape index (κ1) is 29.9. The number of aryl methyl sites for hydroxylation is 1.